The lowest BCUT2D eigenvalue weighted by atomic mass is 9.89. The van der Waals surface area contributed by atoms with Crippen molar-refractivity contribution in [3.05, 3.63) is 51.1 Å². The fourth-order valence-corrected chi connectivity index (χ4v) is 6.00. The summed E-state index contributed by atoms with van der Waals surface area (Å²) in [6.45, 7) is 4.02. The Balaban J connectivity index is 1.94. The zero-order valence-corrected chi connectivity index (χ0v) is 17.7. The van der Waals surface area contributed by atoms with Gasteiger partial charge in [0.1, 0.15) is 10.1 Å². The number of carbonyl (C=O) groups excluding carboxylic acids is 1. The molecule has 0 spiro atoms. The van der Waals surface area contributed by atoms with Gasteiger partial charge in [-0.05, 0) is 49.8 Å². The minimum absolute atomic E-state index is 0.0529. The number of aryl methyl sites for hydroxylation is 1. The van der Waals surface area contributed by atoms with E-state index >= 15 is 0 Å². The summed E-state index contributed by atoms with van der Waals surface area (Å²) in [5.74, 6) is 0.295. The average Bonchev–Trinajstić information content (AvgIpc) is 3.05. The van der Waals surface area contributed by atoms with E-state index in [1.165, 1.54) is 23.7 Å². The van der Waals surface area contributed by atoms with E-state index < -0.39 is 5.25 Å². The molecule has 0 radical (unpaired) electrons. The Bertz CT molecular complexity index is 1090. The van der Waals surface area contributed by atoms with E-state index in [2.05, 4.69) is 6.92 Å². The Kier molecular flexibility index (Phi) is 5.29. The highest BCUT2D eigenvalue weighted by molar-refractivity contribution is 8.00. The number of ether oxygens (including phenoxy) is 1. The molecule has 5 nitrogen and oxygen atoms in total. The maximum atomic E-state index is 13.6. The maximum Gasteiger partial charge on any atom is 0.318 e. The van der Waals surface area contributed by atoms with Gasteiger partial charge >= 0.3 is 5.97 Å². The number of thiophene rings is 1. The van der Waals surface area contributed by atoms with Gasteiger partial charge in [-0.15, -0.1) is 11.3 Å². The molecule has 0 N–H and O–H groups in total. The molecule has 1 aliphatic carbocycles. The molecule has 0 fully saturated rings. The Hall–Kier alpha value is -2.12. The van der Waals surface area contributed by atoms with Crippen LogP contribution in [0.4, 0.5) is 0 Å². The number of thioether (sulfide) groups is 1. The second-order valence-corrected chi connectivity index (χ2v) is 9.58. The SMILES string of the molecule is COC(=O)[C@H](C)Sc1nc2sc3c(c2c(=O)n1-c1ccccc1)CC[C@@H](C)C3. The van der Waals surface area contributed by atoms with Crippen LogP contribution in [-0.4, -0.2) is 27.9 Å². The highest BCUT2D eigenvalue weighted by atomic mass is 32.2. The molecule has 0 bridgehead atoms. The zero-order valence-electron chi connectivity index (χ0n) is 16.1. The van der Waals surface area contributed by atoms with Gasteiger partial charge in [-0.3, -0.25) is 14.2 Å². The second-order valence-electron chi connectivity index (χ2n) is 7.19. The number of methoxy groups -OCH3 is 1. The fourth-order valence-electron chi connectivity index (χ4n) is 3.63. The zero-order chi connectivity index (χ0) is 19.8. The molecule has 2 heterocycles. The highest BCUT2D eigenvalue weighted by Crippen LogP contribution is 2.37. The van der Waals surface area contributed by atoms with E-state index in [9.17, 15) is 9.59 Å². The monoisotopic (exact) mass is 414 g/mol. The summed E-state index contributed by atoms with van der Waals surface area (Å²) in [7, 11) is 1.37. The predicted octanol–water partition coefficient (Wildman–Crippen LogP) is 4.23. The molecule has 0 aliphatic heterocycles. The standard InChI is InChI=1S/C21H22N2O3S2/c1-12-9-10-15-16(11-12)28-18-17(15)19(24)23(14-7-5-4-6-8-14)21(22-18)27-13(2)20(25)26-3/h4-8,12-13H,9-11H2,1-3H3/t12-,13+/m1/s1. The van der Waals surface area contributed by atoms with Crippen molar-refractivity contribution in [3.63, 3.8) is 0 Å². The van der Waals surface area contributed by atoms with Crippen LogP contribution in [-0.2, 0) is 22.4 Å². The Morgan fingerprint density at radius 1 is 1.36 bits per heavy atom. The lowest BCUT2D eigenvalue weighted by Gasteiger charge is -2.18. The molecule has 28 heavy (non-hydrogen) atoms. The van der Waals surface area contributed by atoms with Crippen LogP contribution in [0.15, 0.2) is 40.3 Å². The van der Waals surface area contributed by atoms with Crippen LogP contribution < -0.4 is 5.56 Å². The molecule has 1 aliphatic rings. The van der Waals surface area contributed by atoms with Crippen LogP contribution in [0, 0.1) is 5.92 Å². The number of rotatable bonds is 4. The summed E-state index contributed by atoms with van der Waals surface area (Å²) < 4.78 is 6.49. The summed E-state index contributed by atoms with van der Waals surface area (Å²) in [5.41, 5.74) is 1.87. The van der Waals surface area contributed by atoms with E-state index in [4.69, 9.17) is 9.72 Å². The summed E-state index contributed by atoms with van der Waals surface area (Å²) >= 11 is 2.88. The third kappa shape index (κ3) is 3.37. The van der Waals surface area contributed by atoms with Gasteiger partial charge in [-0.25, -0.2) is 4.98 Å². The lowest BCUT2D eigenvalue weighted by Crippen LogP contribution is -2.24. The number of para-hydroxylation sites is 1. The number of hydrogen-bond donors (Lipinski definition) is 0. The predicted molar refractivity (Wildman–Crippen MR) is 114 cm³/mol. The topological polar surface area (TPSA) is 61.2 Å². The minimum atomic E-state index is -0.459. The van der Waals surface area contributed by atoms with Gasteiger partial charge in [0.2, 0.25) is 0 Å². The van der Waals surface area contributed by atoms with Crippen molar-refractivity contribution in [2.24, 2.45) is 5.92 Å². The van der Waals surface area contributed by atoms with E-state index in [-0.39, 0.29) is 11.5 Å². The van der Waals surface area contributed by atoms with Crippen molar-refractivity contribution in [3.8, 4) is 5.69 Å². The Morgan fingerprint density at radius 3 is 2.82 bits per heavy atom. The molecule has 4 rings (SSSR count). The molecule has 0 amide bonds. The maximum absolute atomic E-state index is 13.6. The van der Waals surface area contributed by atoms with Crippen molar-refractivity contribution in [1.29, 1.82) is 0 Å². The van der Waals surface area contributed by atoms with Gasteiger partial charge in [-0.2, -0.15) is 0 Å². The lowest BCUT2D eigenvalue weighted by molar-refractivity contribution is -0.139. The van der Waals surface area contributed by atoms with Gasteiger partial charge in [0.25, 0.3) is 5.56 Å². The fraction of sp³-hybridized carbons (Fsp3) is 0.381. The molecule has 146 valence electrons. The highest BCUT2D eigenvalue weighted by Gasteiger charge is 2.26. The molecule has 2 aromatic heterocycles. The molecule has 1 aromatic carbocycles. The van der Waals surface area contributed by atoms with Crippen molar-refractivity contribution >= 4 is 39.3 Å². The first-order valence-corrected chi connectivity index (χ1v) is 11.1. The van der Waals surface area contributed by atoms with Gasteiger partial charge < -0.3 is 4.74 Å². The number of benzene rings is 1. The van der Waals surface area contributed by atoms with Gasteiger partial charge in [0.05, 0.1) is 18.2 Å². The molecule has 0 saturated carbocycles. The molecule has 7 heteroatoms. The first-order valence-electron chi connectivity index (χ1n) is 9.36. The van der Waals surface area contributed by atoms with E-state index in [0.717, 1.165) is 40.7 Å². The number of esters is 1. The largest absolute Gasteiger partial charge is 0.468 e. The molecule has 3 aromatic rings. The Morgan fingerprint density at radius 2 is 2.11 bits per heavy atom. The van der Waals surface area contributed by atoms with Crippen LogP contribution in [0.5, 0.6) is 0 Å². The number of nitrogens with zero attached hydrogens (tertiary/aromatic N) is 2. The second kappa shape index (κ2) is 7.72. The molecule has 2 atom stereocenters. The Labute approximate surface area is 171 Å². The average molecular weight is 415 g/mol. The normalized spacial score (nSPS) is 17.3. The molecule has 0 unspecified atom stereocenters. The summed E-state index contributed by atoms with van der Waals surface area (Å²) in [6, 6.07) is 9.49. The van der Waals surface area contributed by atoms with Gasteiger partial charge in [-0.1, -0.05) is 36.9 Å². The quantitative estimate of drug-likeness (QED) is 0.363. The number of fused-ring (bicyclic) bond motifs is 3. The van der Waals surface area contributed by atoms with Crippen molar-refractivity contribution in [2.45, 2.75) is 43.5 Å². The number of hydrogen-bond acceptors (Lipinski definition) is 6. The molecular formula is C21H22N2O3S2. The van der Waals surface area contributed by atoms with Crippen molar-refractivity contribution < 1.29 is 9.53 Å². The minimum Gasteiger partial charge on any atom is -0.468 e. The van der Waals surface area contributed by atoms with Crippen LogP contribution in [0.25, 0.3) is 15.9 Å². The van der Waals surface area contributed by atoms with Crippen LogP contribution in [0.1, 0.15) is 30.7 Å². The van der Waals surface area contributed by atoms with E-state index in [0.29, 0.717) is 11.1 Å². The van der Waals surface area contributed by atoms with E-state index in [1.54, 1.807) is 22.8 Å². The van der Waals surface area contributed by atoms with Gasteiger partial charge in [0, 0.05) is 4.88 Å². The van der Waals surface area contributed by atoms with Gasteiger partial charge in [0.15, 0.2) is 5.16 Å². The summed E-state index contributed by atoms with van der Waals surface area (Å²) in [5, 5.41) is 0.804. The number of carbonyl (C=O) groups is 1. The first kappa shape index (κ1) is 19.2. The third-order valence-electron chi connectivity index (χ3n) is 5.13. The third-order valence-corrected chi connectivity index (χ3v) is 7.31. The van der Waals surface area contributed by atoms with Crippen molar-refractivity contribution in [2.75, 3.05) is 7.11 Å². The van der Waals surface area contributed by atoms with Crippen LogP contribution in [0.2, 0.25) is 0 Å². The van der Waals surface area contributed by atoms with Crippen LogP contribution in [0.3, 0.4) is 0 Å². The summed E-state index contributed by atoms with van der Waals surface area (Å²) in [4.78, 5) is 32.4. The molecular weight excluding hydrogens is 392 g/mol. The smallest absolute Gasteiger partial charge is 0.318 e. The van der Waals surface area contributed by atoms with Crippen LogP contribution >= 0.6 is 23.1 Å². The van der Waals surface area contributed by atoms with Crippen molar-refractivity contribution in [1.82, 2.24) is 9.55 Å². The van der Waals surface area contributed by atoms with E-state index in [1.807, 2.05) is 30.3 Å². The summed E-state index contributed by atoms with van der Waals surface area (Å²) in [6.07, 6.45) is 3.02. The molecule has 0 saturated heterocycles. The number of aromatic nitrogens is 2. The first-order chi connectivity index (χ1) is 13.5.